The number of primary amides is 2. The second kappa shape index (κ2) is 20.4. The van der Waals surface area contributed by atoms with E-state index < -0.39 is 17.7 Å². The van der Waals surface area contributed by atoms with Gasteiger partial charge in [0.1, 0.15) is 33.1 Å². The number of amides is 4. The zero-order valence-corrected chi connectivity index (χ0v) is 40.1. The molecular weight excluding hydrogens is 887 g/mol. The summed E-state index contributed by atoms with van der Waals surface area (Å²) in [6.07, 6.45) is 8.83. The summed E-state index contributed by atoms with van der Waals surface area (Å²) in [5, 5.41) is 11.1. The maximum absolute atomic E-state index is 14.0. The van der Waals surface area contributed by atoms with Gasteiger partial charge in [-0.15, -0.1) is 11.3 Å². The fourth-order valence-electron chi connectivity index (χ4n) is 8.83. The van der Waals surface area contributed by atoms with Crippen molar-refractivity contribution in [1.29, 1.82) is 0 Å². The van der Waals surface area contributed by atoms with Crippen LogP contribution < -0.4 is 31.6 Å². The fourth-order valence-corrected chi connectivity index (χ4v) is 9.73. The number of hydrogen-bond acceptors (Lipinski definition) is 13. The number of hydrogen-bond donors (Lipinski definition) is 4. The molecule has 68 heavy (non-hydrogen) atoms. The first-order valence-corrected chi connectivity index (χ1v) is 23.9. The molecule has 5 heterocycles. The zero-order chi connectivity index (χ0) is 48.2. The number of nitrogens with one attached hydrogen (secondary N) is 2. The molecule has 2 fully saturated rings. The van der Waals surface area contributed by atoms with Crippen LogP contribution in [-0.4, -0.2) is 114 Å². The molecule has 6 aromatic rings. The molecule has 6 N–H and O–H groups in total. The third-order valence-electron chi connectivity index (χ3n) is 12.6. The molecule has 4 aromatic heterocycles. The van der Waals surface area contributed by atoms with Crippen LogP contribution in [0.15, 0.2) is 54.8 Å². The molecule has 0 radical (unpaired) electrons. The maximum atomic E-state index is 14.0. The number of anilines is 2. The average Bonchev–Trinajstić information content (AvgIpc) is 4.07. The third-order valence-corrected chi connectivity index (χ3v) is 13.6. The Morgan fingerprint density at radius 1 is 0.838 bits per heavy atom. The van der Waals surface area contributed by atoms with E-state index in [0.717, 1.165) is 44.2 Å². The van der Waals surface area contributed by atoms with Crippen LogP contribution in [0.3, 0.4) is 0 Å². The second-order valence-electron chi connectivity index (χ2n) is 17.1. The van der Waals surface area contributed by atoms with Crippen LogP contribution in [-0.2, 0) is 26.1 Å². The van der Waals surface area contributed by atoms with Gasteiger partial charge in [-0.2, -0.15) is 5.10 Å². The minimum Gasteiger partial charge on any atom is -0.494 e. The van der Waals surface area contributed by atoms with Crippen LogP contribution in [0.25, 0.3) is 22.1 Å². The molecular formula is C48H59N13O6S. The van der Waals surface area contributed by atoms with Crippen molar-refractivity contribution in [1.82, 2.24) is 43.7 Å². The summed E-state index contributed by atoms with van der Waals surface area (Å²) >= 11 is 1.30. The lowest BCUT2D eigenvalue weighted by atomic mass is 9.82. The number of carbonyl (C=O) groups excluding carboxylic acids is 4. The van der Waals surface area contributed by atoms with Crippen molar-refractivity contribution in [2.24, 2.45) is 17.4 Å². The van der Waals surface area contributed by atoms with Gasteiger partial charge in [0.05, 0.1) is 41.1 Å². The van der Waals surface area contributed by atoms with Gasteiger partial charge in [-0.1, -0.05) is 32.1 Å². The minimum absolute atomic E-state index is 0.177. The standard InChI is InChI=1S/C48H59N13O6S/c1-7-34-42(68-30(5)51-34)46(65)55-48-53-36-25-33(44(50)63)27-39(67-22-12-15-57-18-20-58(21-19-57)29(4)31-13-11-14-31)41(36)60(48)17-10-9-16-59-40-35(24-32(43(49)62)26-38(40)66-6)52-47(59)54-45(64)37-23-28(3)56-61(37)8-2/h9-10,23-27,31H,4,7-8,11-22H2,1-3,5-6H3,(H2,49,62)(H2,50,63)(H,52,54,64)(H,53,55,65)/b10-9+. The molecule has 358 valence electrons. The van der Waals surface area contributed by atoms with Crippen LogP contribution >= 0.6 is 11.3 Å². The zero-order valence-electron chi connectivity index (χ0n) is 39.3. The summed E-state index contributed by atoms with van der Waals surface area (Å²) in [6.45, 7) is 17.7. The lowest BCUT2D eigenvalue weighted by Gasteiger charge is -2.41. The van der Waals surface area contributed by atoms with Crippen LogP contribution in [0.5, 0.6) is 11.5 Å². The van der Waals surface area contributed by atoms with E-state index in [4.69, 9.17) is 30.9 Å². The Bertz CT molecular complexity index is 2930. The Hall–Kier alpha value is -7.06. The number of nitrogens with two attached hydrogens (primary N) is 2. The van der Waals surface area contributed by atoms with Crippen LogP contribution in [0.1, 0.15) is 96.8 Å². The van der Waals surface area contributed by atoms with Crippen molar-refractivity contribution in [3.63, 3.8) is 0 Å². The number of piperazine rings is 1. The maximum Gasteiger partial charge on any atom is 0.276 e. The first-order valence-electron chi connectivity index (χ1n) is 23.1. The highest BCUT2D eigenvalue weighted by molar-refractivity contribution is 7.13. The van der Waals surface area contributed by atoms with Gasteiger partial charge < -0.3 is 35.0 Å². The minimum atomic E-state index is -0.662. The van der Waals surface area contributed by atoms with Crippen molar-refractivity contribution >= 4 is 68.9 Å². The number of allylic oxidation sites excluding steroid dienone is 3. The Labute approximate surface area is 398 Å². The molecule has 2 aromatic carbocycles. The van der Waals surface area contributed by atoms with Gasteiger partial charge in [0, 0.05) is 69.2 Å². The molecule has 0 spiro atoms. The molecule has 0 bridgehead atoms. The number of fused-ring (bicyclic) bond motifs is 2. The molecule has 0 unspecified atom stereocenters. The predicted octanol–water partition coefficient (Wildman–Crippen LogP) is 5.91. The Kier molecular flexibility index (Phi) is 14.3. The quantitative estimate of drug-likeness (QED) is 0.0517. The molecule has 1 saturated carbocycles. The molecule has 1 aliphatic heterocycles. The number of aryl methyl sites for hydroxylation is 4. The summed E-state index contributed by atoms with van der Waals surface area (Å²) < 4.78 is 17.4. The lowest BCUT2D eigenvalue weighted by Crippen LogP contribution is -2.47. The molecule has 0 atom stereocenters. The van der Waals surface area contributed by atoms with Crippen LogP contribution in [0, 0.1) is 19.8 Å². The average molecular weight is 946 g/mol. The molecule has 20 heteroatoms. The van der Waals surface area contributed by atoms with Crippen molar-refractivity contribution in [3.8, 4) is 11.5 Å². The summed E-state index contributed by atoms with van der Waals surface area (Å²) in [5.41, 5.74) is 16.8. The number of benzene rings is 2. The fraction of sp³-hybridized carbons (Fsp3) is 0.417. The van der Waals surface area contributed by atoms with E-state index in [2.05, 4.69) is 37.1 Å². The summed E-state index contributed by atoms with van der Waals surface area (Å²) in [4.78, 5) is 72.2. The van der Waals surface area contributed by atoms with Gasteiger partial charge in [0.15, 0.2) is 0 Å². The first-order chi connectivity index (χ1) is 32.8. The SMILES string of the molecule is C=C(C1CCC1)N1CCN(CCCOc2cc(C(N)=O)cc3nc(NC(=O)c4sc(C)nc4CC)n(C/C=C/Cn4c(NC(=O)c5cc(C)nn5CC)nc5cc(C(N)=O)cc(OC)c54)c23)CC1. The number of carbonyl (C=O) groups is 4. The van der Waals surface area contributed by atoms with Crippen molar-refractivity contribution in [3.05, 3.63) is 92.9 Å². The van der Waals surface area contributed by atoms with Crippen molar-refractivity contribution in [2.45, 2.75) is 79.4 Å². The van der Waals surface area contributed by atoms with Gasteiger partial charge in [-0.05, 0) is 82.7 Å². The van der Waals surface area contributed by atoms with Gasteiger partial charge >= 0.3 is 0 Å². The second-order valence-corrected chi connectivity index (χ2v) is 18.3. The van der Waals surface area contributed by atoms with E-state index >= 15 is 0 Å². The largest absolute Gasteiger partial charge is 0.494 e. The number of imidazole rings is 2. The normalized spacial score (nSPS) is 14.5. The monoisotopic (exact) mass is 945 g/mol. The highest BCUT2D eigenvalue weighted by atomic mass is 32.1. The van der Waals surface area contributed by atoms with E-state index in [1.165, 1.54) is 49.5 Å². The van der Waals surface area contributed by atoms with Crippen molar-refractivity contribution in [2.75, 3.05) is 57.1 Å². The lowest BCUT2D eigenvalue weighted by molar-refractivity contribution is 0.0991. The Morgan fingerprint density at radius 2 is 1.44 bits per heavy atom. The summed E-state index contributed by atoms with van der Waals surface area (Å²) in [5.74, 6) is -0.332. The number of thiazole rings is 1. The highest BCUT2D eigenvalue weighted by Crippen LogP contribution is 2.35. The van der Waals surface area contributed by atoms with E-state index in [9.17, 15) is 19.2 Å². The molecule has 1 aliphatic carbocycles. The Balaban J connectivity index is 1.09. The van der Waals surface area contributed by atoms with Gasteiger partial charge in [0.2, 0.25) is 23.7 Å². The number of methoxy groups -OCH3 is 1. The van der Waals surface area contributed by atoms with E-state index in [-0.39, 0.29) is 42.0 Å². The first kappa shape index (κ1) is 47.4. The van der Waals surface area contributed by atoms with E-state index in [1.807, 2.05) is 44.4 Å². The van der Waals surface area contributed by atoms with Gasteiger partial charge in [-0.25, -0.2) is 15.0 Å². The van der Waals surface area contributed by atoms with Gasteiger partial charge in [-0.3, -0.25) is 39.4 Å². The molecule has 19 nitrogen and oxygen atoms in total. The highest BCUT2D eigenvalue weighted by Gasteiger charge is 2.28. The topological polar surface area (TPSA) is 236 Å². The van der Waals surface area contributed by atoms with Crippen molar-refractivity contribution < 1.29 is 28.7 Å². The molecule has 1 saturated heterocycles. The number of rotatable bonds is 20. The molecule has 2 aliphatic rings. The number of aromatic nitrogens is 7. The van der Waals surface area contributed by atoms with E-state index in [1.54, 1.807) is 33.5 Å². The predicted molar refractivity (Wildman–Crippen MR) is 262 cm³/mol. The Morgan fingerprint density at radius 3 is 2.00 bits per heavy atom. The molecule has 8 rings (SSSR count). The van der Waals surface area contributed by atoms with E-state index in [0.29, 0.717) is 81.0 Å². The van der Waals surface area contributed by atoms with Crippen LogP contribution in [0.4, 0.5) is 11.9 Å². The summed E-state index contributed by atoms with van der Waals surface area (Å²) in [7, 11) is 1.48. The number of ether oxygens (including phenoxy) is 2. The third kappa shape index (κ3) is 9.96. The number of nitrogens with zero attached hydrogens (tertiary/aromatic N) is 9. The molecule has 4 amide bonds. The van der Waals surface area contributed by atoms with Crippen LogP contribution in [0.2, 0.25) is 0 Å². The smallest absolute Gasteiger partial charge is 0.276 e. The summed E-state index contributed by atoms with van der Waals surface area (Å²) in [6, 6.07) is 7.99. The van der Waals surface area contributed by atoms with Gasteiger partial charge in [0.25, 0.3) is 11.8 Å².